The highest BCUT2D eigenvalue weighted by molar-refractivity contribution is 7.47. The number of hydrogen-bond acceptors (Lipinski definition) is 2. The second-order valence-electron chi connectivity index (χ2n) is 8.05. The molecule has 2 atom stereocenters. The number of anilines is 1. The Kier molecular flexibility index (Phi) is 11.1. The molecule has 188 valence electrons. The van der Waals surface area contributed by atoms with E-state index in [0.717, 1.165) is 8.58 Å². The number of benzene rings is 3. The van der Waals surface area contributed by atoms with Crippen molar-refractivity contribution >= 4 is 25.3 Å². The summed E-state index contributed by atoms with van der Waals surface area (Å²) in [4.78, 5) is 2.52. The molecule has 3 aromatic rings. The summed E-state index contributed by atoms with van der Waals surface area (Å²) in [5.74, 6) is 0. The van der Waals surface area contributed by atoms with Crippen molar-refractivity contribution in [3.05, 3.63) is 88.6 Å². The summed E-state index contributed by atoms with van der Waals surface area (Å²) in [5, 5.41) is 5.22. The molecule has 1 N–H and O–H groups in total. The molecule has 0 saturated carbocycles. The maximum absolute atomic E-state index is 3.74. The van der Waals surface area contributed by atoms with Gasteiger partial charge >= 0.3 is 0 Å². The first kappa shape index (κ1) is 28.7. The molecule has 0 aromatic heterocycles. The van der Waals surface area contributed by atoms with E-state index in [2.05, 4.69) is 98.7 Å². The van der Waals surface area contributed by atoms with Crippen LogP contribution in [0.25, 0.3) is 16.8 Å². The minimum Gasteiger partial charge on any atom is -0.365 e. The normalized spacial score (nSPS) is 14.6. The minimum atomic E-state index is 0.157. The molecule has 0 spiro atoms. The van der Waals surface area contributed by atoms with Crippen LogP contribution in [0.1, 0.15) is 82.4 Å². The molecule has 2 aliphatic rings. The first-order valence-corrected chi connectivity index (χ1v) is 14.6. The van der Waals surface area contributed by atoms with Crippen LogP contribution in [0.2, 0.25) is 0 Å². The van der Waals surface area contributed by atoms with Gasteiger partial charge in [0.05, 0.1) is 11.4 Å². The monoisotopic (exact) mass is 488 g/mol. The lowest BCUT2D eigenvalue weighted by atomic mass is 9.89. The first-order chi connectivity index (χ1) is 17.1. The van der Waals surface area contributed by atoms with Crippen LogP contribution >= 0.6 is 8.58 Å². The zero-order valence-corrected chi connectivity index (χ0v) is 24.5. The second-order valence-corrected chi connectivity index (χ2v) is 9.65. The third-order valence-corrected chi connectivity index (χ3v) is 7.25. The molecule has 0 radical (unpaired) electrons. The van der Waals surface area contributed by atoms with E-state index >= 15 is 0 Å². The average molecular weight is 489 g/mol. The van der Waals surface area contributed by atoms with Gasteiger partial charge in [-0.1, -0.05) is 105 Å². The van der Waals surface area contributed by atoms with Crippen LogP contribution in [-0.4, -0.2) is 6.16 Å². The lowest BCUT2D eigenvalue weighted by Gasteiger charge is -2.38. The predicted octanol–water partition coefficient (Wildman–Crippen LogP) is 9.10. The van der Waals surface area contributed by atoms with Gasteiger partial charge in [0.15, 0.2) is 0 Å². The Hall–Kier alpha value is -2.57. The van der Waals surface area contributed by atoms with Gasteiger partial charge in [0.25, 0.3) is 0 Å². The van der Waals surface area contributed by atoms with Crippen molar-refractivity contribution in [1.29, 1.82) is 0 Å². The summed E-state index contributed by atoms with van der Waals surface area (Å²) < 4.78 is 0. The molecule has 2 aliphatic heterocycles. The summed E-state index contributed by atoms with van der Waals surface area (Å²) in [6, 6.07) is 20.3. The zero-order chi connectivity index (χ0) is 26.1. The van der Waals surface area contributed by atoms with Crippen LogP contribution in [0, 0.1) is 20.8 Å². The van der Waals surface area contributed by atoms with E-state index in [1.165, 1.54) is 61.8 Å². The smallest absolute Gasteiger partial charge is 0.131 e. The van der Waals surface area contributed by atoms with Gasteiger partial charge < -0.3 is 10.2 Å². The maximum Gasteiger partial charge on any atom is 0.131 e. The van der Waals surface area contributed by atoms with Crippen molar-refractivity contribution in [2.75, 3.05) is 11.1 Å². The van der Waals surface area contributed by atoms with Crippen molar-refractivity contribution < 1.29 is 0 Å². The first-order valence-electron chi connectivity index (χ1n) is 13.4. The summed E-state index contributed by atoms with van der Waals surface area (Å²) >= 11 is 0. The van der Waals surface area contributed by atoms with Gasteiger partial charge in [0, 0.05) is 22.9 Å². The fraction of sp³-hybridized carbons (Fsp3) is 0.375. The lowest BCUT2D eigenvalue weighted by molar-refractivity contribution is 0.670. The number of rotatable bonds is 3. The lowest BCUT2D eigenvalue weighted by Crippen LogP contribution is -2.35. The Morgan fingerprint density at radius 1 is 0.800 bits per heavy atom. The fourth-order valence-corrected chi connectivity index (χ4v) is 5.91. The molecular formula is C32H45N2P. The Balaban J connectivity index is 0.000000671. The molecule has 3 aromatic carbocycles. The molecule has 3 heteroatoms. The Bertz CT molecular complexity index is 1130. The third kappa shape index (κ3) is 5.49. The van der Waals surface area contributed by atoms with Crippen LogP contribution in [0.3, 0.4) is 0 Å². The average Bonchev–Trinajstić information content (AvgIpc) is 3.32. The highest BCUT2D eigenvalue weighted by Gasteiger charge is 2.38. The molecule has 0 fully saturated rings. The third-order valence-electron chi connectivity index (χ3n) is 6.08. The van der Waals surface area contributed by atoms with E-state index in [4.69, 9.17) is 0 Å². The van der Waals surface area contributed by atoms with Crippen LogP contribution in [0.5, 0.6) is 0 Å². The number of nitrogens with zero attached hydrogens (tertiary/aromatic N) is 1. The highest BCUT2D eigenvalue weighted by atomic mass is 31.1. The molecule has 0 saturated heterocycles. The molecule has 2 heterocycles. The largest absolute Gasteiger partial charge is 0.365 e. The second kappa shape index (κ2) is 13.5. The van der Waals surface area contributed by atoms with Crippen LogP contribution in [-0.2, 0) is 0 Å². The predicted molar refractivity (Wildman–Crippen MR) is 161 cm³/mol. The SMILES string of the molecule is CC.CC.CC.CCPc1cccc2c1C1NC=C(c3c(C)cccc3C)N1c1ccc(C)cc1-2. The number of aryl methyl sites for hydroxylation is 3. The van der Waals surface area contributed by atoms with Crippen LogP contribution < -0.4 is 15.5 Å². The molecule has 2 nitrogen and oxygen atoms in total. The van der Waals surface area contributed by atoms with Gasteiger partial charge in [0.2, 0.25) is 0 Å². The van der Waals surface area contributed by atoms with Gasteiger partial charge in [0.1, 0.15) is 6.17 Å². The molecule has 5 rings (SSSR count). The summed E-state index contributed by atoms with van der Waals surface area (Å²) in [5.41, 5.74) is 12.0. The quantitative estimate of drug-likeness (QED) is 0.370. The molecule has 0 amide bonds. The van der Waals surface area contributed by atoms with Crippen molar-refractivity contribution in [3.8, 4) is 11.1 Å². The van der Waals surface area contributed by atoms with Gasteiger partial charge in [-0.3, -0.25) is 0 Å². The van der Waals surface area contributed by atoms with Crippen LogP contribution in [0.15, 0.2) is 60.8 Å². The van der Waals surface area contributed by atoms with Crippen molar-refractivity contribution in [3.63, 3.8) is 0 Å². The van der Waals surface area contributed by atoms with E-state index in [9.17, 15) is 0 Å². The van der Waals surface area contributed by atoms with Crippen LogP contribution in [0.4, 0.5) is 5.69 Å². The molecule has 35 heavy (non-hydrogen) atoms. The van der Waals surface area contributed by atoms with E-state index < -0.39 is 0 Å². The Labute approximate surface area is 216 Å². The minimum absolute atomic E-state index is 0.157. The van der Waals surface area contributed by atoms with E-state index in [0.29, 0.717) is 0 Å². The van der Waals surface area contributed by atoms with Gasteiger partial charge in [-0.05, 0) is 61.1 Å². The topological polar surface area (TPSA) is 15.3 Å². The Morgan fingerprint density at radius 3 is 2.06 bits per heavy atom. The summed E-state index contributed by atoms with van der Waals surface area (Å²) in [6.45, 7) is 20.9. The van der Waals surface area contributed by atoms with E-state index in [1.54, 1.807) is 0 Å². The molecule has 0 bridgehead atoms. The van der Waals surface area contributed by atoms with Gasteiger partial charge in [-0.25, -0.2) is 0 Å². The summed E-state index contributed by atoms with van der Waals surface area (Å²) in [7, 11) is 0.831. The molecule has 2 unspecified atom stereocenters. The molecule has 0 aliphatic carbocycles. The van der Waals surface area contributed by atoms with Crippen molar-refractivity contribution in [2.24, 2.45) is 0 Å². The Morgan fingerprint density at radius 2 is 1.43 bits per heavy atom. The van der Waals surface area contributed by atoms with E-state index in [1.807, 2.05) is 41.5 Å². The zero-order valence-electron chi connectivity index (χ0n) is 23.5. The maximum atomic E-state index is 3.74. The van der Waals surface area contributed by atoms with Gasteiger partial charge in [-0.15, -0.1) is 0 Å². The number of fused-ring (bicyclic) bond motifs is 6. The van der Waals surface area contributed by atoms with E-state index in [-0.39, 0.29) is 6.17 Å². The highest BCUT2D eigenvalue weighted by Crippen LogP contribution is 2.50. The fourth-order valence-electron chi connectivity index (χ4n) is 4.85. The summed E-state index contributed by atoms with van der Waals surface area (Å²) in [6.07, 6.45) is 3.57. The number of nitrogens with one attached hydrogen (secondary N) is 1. The van der Waals surface area contributed by atoms with Crippen molar-refractivity contribution in [2.45, 2.75) is 75.4 Å². The standard InChI is InChI=1S/C26H27N2P.3C2H6/c1-5-29-23-11-7-10-19-20-14-16(2)12-13-21(20)28-22(15-27-26(28)25(19)23)24-17(3)8-6-9-18(24)4;3*1-2/h6-15,26-27,29H,5H2,1-4H3;3*1-2H3. The molecular weight excluding hydrogens is 443 g/mol. The number of hydrogen-bond donors (Lipinski definition) is 1. The van der Waals surface area contributed by atoms with Crippen molar-refractivity contribution in [1.82, 2.24) is 5.32 Å². The van der Waals surface area contributed by atoms with Gasteiger partial charge in [-0.2, -0.15) is 0 Å².